The van der Waals surface area contributed by atoms with E-state index in [9.17, 15) is 12.8 Å². The molecule has 8 heteroatoms. The van der Waals surface area contributed by atoms with Gasteiger partial charge in [0, 0.05) is 37.3 Å². The molecular weight excluding hydrogens is 403 g/mol. The molecule has 152 valence electrons. The van der Waals surface area contributed by atoms with Crippen molar-refractivity contribution in [1.82, 2.24) is 8.61 Å². The predicted molar refractivity (Wildman–Crippen MR) is 108 cm³/mol. The number of hydrogen-bond acceptors (Lipinski definition) is 3. The highest BCUT2D eigenvalue weighted by Gasteiger charge is 2.32. The van der Waals surface area contributed by atoms with Crippen LogP contribution < -0.4 is 0 Å². The van der Waals surface area contributed by atoms with Crippen LogP contribution in [0.2, 0.25) is 5.02 Å². The Morgan fingerprint density at radius 1 is 1.14 bits per heavy atom. The third-order valence-electron chi connectivity index (χ3n) is 4.89. The molecule has 0 aliphatic carbocycles. The SMILES string of the molecule is CN(Cc1c(F)cccc1Cl)S(=O)(=O)N1CCC(OCc2ccccc2)CC1. The van der Waals surface area contributed by atoms with Gasteiger partial charge in [-0.25, -0.2) is 4.39 Å². The van der Waals surface area contributed by atoms with E-state index >= 15 is 0 Å². The lowest BCUT2D eigenvalue weighted by molar-refractivity contribution is 0.00952. The lowest BCUT2D eigenvalue weighted by atomic mass is 10.1. The number of nitrogens with zero attached hydrogens (tertiary/aromatic N) is 2. The summed E-state index contributed by atoms with van der Waals surface area (Å²) in [4.78, 5) is 0. The molecule has 1 heterocycles. The molecule has 3 rings (SSSR count). The summed E-state index contributed by atoms with van der Waals surface area (Å²) in [7, 11) is -2.26. The second-order valence-electron chi connectivity index (χ2n) is 6.86. The predicted octanol–water partition coefficient (Wildman–Crippen LogP) is 3.84. The van der Waals surface area contributed by atoms with E-state index in [0.717, 1.165) is 9.87 Å². The van der Waals surface area contributed by atoms with E-state index in [1.165, 1.54) is 23.5 Å². The van der Waals surface area contributed by atoms with Crippen LogP contribution >= 0.6 is 11.6 Å². The van der Waals surface area contributed by atoms with Crippen molar-refractivity contribution >= 4 is 21.8 Å². The fourth-order valence-corrected chi connectivity index (χ4v) is 4.78. The molecule has 0 N–H and O–H groups in total. The first-order chi connectivity index (χ1) is 13.4. The summed E-state index contributed by atoms with van der Waals surface area (Å²) in [6.45, 7) is 1.15. The Bertz CT molecular complexity index is 867. The van der Waals surface area contributed by atoms with Gasteiger partial charge in [0.15, 0.2) is 0 Å². The van der Waals surface area contributed by atoms with Crippen LogP contribution in [-0.4, -0.2) is 43.3 Å². The van der Waals surface area contributed by atoms with Gasteiger partial charge in [-0.2, -0.15) is 17.0 Å². The van der Waals surface area contributed by atoms with Gasteiger partial charge in [0.25, 0.3) is 10.2 Å². The fraction of sp³-hybridized carbons (Fsp3) is 0.400. The highest BCUT2D eigenvalue weighted by atomic mass is 35.5. The van der Waals surface area contributed by atoms with E-state index in [1.807, 2.05) is 30.3 Å². The third kappa shape index (κ3) is 5.10. The van der Waals surface area contributed by atoms with Crippen molar-refractivity contribution in [3.05, 3.63) is 70.5 Å². The Hall–Kier alpha value is -1.51. The molecule has 0 atom stereocenters. The molecule has 0 saturated carbocycles. The van der Waals surface area contributed by atoms with Gasteiger partial charge in [0.2, 0.25) is 0 Å². The number of piperidine rings is 1. The Labute approximate surface area is 170 Å². The van der Waals surface area contributed by atoms with Gasteiger partial charge in [-0.1, -0.05) is 48.0 Å². The topological polar surface area (TPSA) is 49.9 Å². The zero-order valence-electron chi connectivity index (χ0n) is 15.7. The van der Waals surface area contributed by atoms with Crippen molar-refractivity contribution in [3.8, 4) is 0 Å². The molecule has 0 unspecified atom stereocenters. The molecule has 0 radical (unpaired) electrons. The van der Waals surface area contributed by atoms with Crippen molar-refractivity contribution in [2.75, 3.05) is 20.1 Å². The largest absolute Gasteiger partial charge is 0.373 e. The molecule has 2 aromatic carbocycles. The molecule has 5 nitrogen and oxygen atoms in total. The summed E-state index contributed by atoms with van der Waals surface area (Å²) in [6, 6.07) is 14.2. The fourth-order valence-electron chi connectivity index (χ4n) is 3.20. The Balaban J connectivity index is 1.55. The highest BCUT2D eigenvalue weighted by Crippen LogP contribution is 2.24. The molecule has 2 aromatic rings. The van der Waals surface area contributed by atoms with Crippen molar-refractivity contribution in [3.63, 3.8) is 0 Å². The molecular formula is C20H24ClFN2O3S. The van der Waals surface area contributed by atoms with Gasteiger partial charge in [0.1, 0.15) is 5.82 Å². The monoisotopic (exact) mass is 426 g/mol. The van der Waals surface area contributed by atoms with E-state index in [-0.39, 0.29) is 23.2 Å². The van der Waals surface area contributed by atoms with Crippen LogP contribution in [0, 0.1) is 5.82 Å². The zero-order chi connectivity index (χ0) is 20.1. The van der Waals surface area contributed by atoms with Gasteiger partial charge in [-0.15, -0.1) is 0 Å². The maximum atomic E-state index is 14.0. The summed E-state index contributed by atoms with van der Waals surface area (Å²) in [5.41, 5.74) is 1.27. The summed E-state index contributed by atoms with van der Waals surface area (Å²) < 4.78 is 48.1. The minimum Gasteiger partial charge on any atom is -0.373 e. The smallest absolute Gasteiger partial charge is 0.282 e. The second kappa shape index (κ2) is 9.33. The van der Waals surface area contributed by atoms with Crippen LogP contribution in [0.1, 0.15) is 24.0 Å². The minimum absolute atomic E-state index is 0.0259. The molecule has 0 aromatic heterocycles. The maximum absolute atomic E-state index is 14.0. The Morgan fingerprint density at radius 3 is 2.46 bits per heavy atom. The van der Waals surface area contributed by atoms with E-state index in [1.54, 1.807) is 6.07 Å². The summed E-state index contributed by atoms with van der Waals surface area (Å²) in [5.74, 6) is -0.512. The average Bonchev–Trinajstić information content (AvgIpc) is 2.70. The molecule has 1 saturated heterocycles. The third-order valence-corrected chi connectivity index (χ3v) is 7.18. The van der Waals surface area contributed by atoms with E-state index in [0.29, 0.717) is 32.5 Å². The molecule has 0 amide bonds. The van der Waals surface area contributed by atoms with E-state index < -0.39 is 16.0 Å². The van der Waals surface area contributed by atoms with Crippen LogP contribution in [0.5, 0.6) is 0 Å². The lowest BCUT2D eigenvalue weighted by Crippen LogP contribution is -2.46. The summed E-state index contributed by atoms with van der Waals surface area (Å²) in [6.07, 6.45) is 1.28. The van der Waals surface area contributed by atoms with Crippen LogP contribution in [-0.2, 0) is 28.1 Å². The number of hydrogen-bond donors (Lipinski definition) is 0. The van der Waals surface area contributed by atoms with Crippen molar-refractivity contribution in [1.29, 1.82) is 0 Å². The summed E-state index contributed by atoms with van der Waals surface area (Å²) >= 11 is 6.02. The van der Waals surface area contributed by atoms with Gasteiger partial charge < -0.3 is 4.74 Å². The molecule has 1 aliphatic heterocycles. The number of ether oxygens (including phenoxy) is 1. The van der Waals surface area contributed by atoms with Crippen LogP contribution in [0.25, 0.3) is 0 Å². The first-order valence-corrected chi connectivity index (χ1v) is 10.9. The number of benzene rings is 2. The van der Waals surface area contributed by atoms with Crippen LogP contribution in [0.4, 0.5) is 4.39 Å². The molecule has 0 bridgehead atoms. The Morgan fingerprint density at radius 2 is 1.82 bits per heavy atom. The van der Waals surface area contributed by atoms with Gasteiger partial charge >= 0.3 is 0 Å². The van der Waals surface area contributed by atoms with Crippen molar-refractivity contribution in [2.45, 2.75) is 32.1 Å². The lowest BCUT2D eigenvalue weighted by Gasteiger charge is -2.33. The highest BCUT2D eigenvalue weighted by molar-refractivity contribution is 7.86. The maximum Gasteiger partial charge on any atom is 0.282 e. The van der Waals surface area contributed by atoms with E-state index in [4.69, 9.17) is 16.3 Å². The minimum atomic E-state index is -3.70. The van der Waals surface area contributed by atoms with Crippen molar-refractivity contribution in [2.24, 2.45) is 0 Å². The standard InChI is InChI=1S/C20H24ClFN2O3S/c1-23(14-18-19(21)8-5-9-20(18)22)28(25,26)24-12-10-17(11-13-24)27-15-16-6-3-2-4-7-16/h2-9,17H,10-15H2,1H3. The normalized spacial score (nSPS) is 16.6. The van der Waals surface area contributed by atoms with Crippen LogP contribution in [0.15, 0.2) is 48.5 Å². The summed E-state index contributed by atoms with van der Waals surface area (Å²) in [5, 5.41) is 0.218. The molecule has 1 fully saturated rings. The van der Waals surface area contributed by atoms with Gasteiger partial charge in [-0.3, -0.25) is 0 Å². The van der Waals surface area contributed by atoms with Gasteiger partial charge in [-0.05, 0) is 30.5 Å². The molecule has 28 heavy (non-hydrogen) atoms. The zero-order valence-corrected chi connectivity index (χ0v) is 17.3. The Kier molecular flexibility index (Phi) is 7.06. The first kappa shape index (κ1) is 21.2. The molecule has 0 spiro atoms. The average molecular weight is 427 g/mol. The first-order valence-electron chi connectivity index (χ1n) is 9.18. The number of halogens is 2. The van der Waals surface area contributed by atoms with E-state index in [2.05, 4.69) is 0 Å². The number of rotatable bonds is 7. The van der Waals surface area contributed by atoms with Crippen molar-refractivity contribution < 1.29 is 17.5 Å². The quantitative estimate of drug-likeness (QED) is 0.676. The molecule has 1 aliphatic rings. The second-order valence-corrected chi connectivity index (χ2v) is 9.30. The van der Waals surface area contributed by atoms with Crippen LogP contribution in [0.3, 0.4) is 0 Å². The van der Waals surface area contributed by atoms with Gasteiger partial charge in [0.05, 0.1) is 12.7 Å².